The van der Waals surface area contributed by atoms with Crippen molar-refractivity contribution in [3.63, 3.8) is 0 Å². The highest BCUT2D eigenvalue weighted by Gasteiger charge is 2.37. The molecule has 0 bridgehead atoms. The highest BCUT2D eigenvalue weighted by Crippen LogP contribution is 2.26. The lowest BCUT2D eigenvalue weighted by Gasteiger charge is -2.19. The predicted molar refractivity (Wildman–Crippen MR) is 101 cm³/mol. The molecular formula is C19H16F4N6O2. The van der Waals surface area contributed by atoms with E-state index in [9.17, 15) is 22.4 Å². The number of cyclic esters (lactones) is 1. The summed E-state index contributed by atoms with van der Waals surface area (Å²) in [5, 5.41) is 2.89. The molecule has 0 unspecified atom stereocenters. The number of amides is 1. The van der Waals surface area contributed by atoms with E-state index in [-0.39, 0.29) is 18.2 Å². The lowest BCUT2D eigenvalue weighted by atomic mass is 10.2. The van der Waals surface area contributed by atoms with Crippen LogP contribution in [-0.4, -0.2) is 44.9 Å². The van der Waals surface area contributed by atoms with E-state index < -0.39 is 48.1 Å². The van der Waals surface area contributed by atoms with Crippen LogP contribution in [0.5, 0.6) is 0 Å². The van der Waals surface area contributed by atoms with E-state index in [4.69, 9.17) is 4.74 Å². The molecule has 3 heterocycles. The van der Waals surface area contributed by atoms with Gasteiger partial charge in [0.15, 0.2) is 11.6 Å². The second-order valence-corrected chi connectivity index (χ2v) is 6.79. The monoisotopic (exact) mass is 436 g/mol. The molecule has 1 N–H and O–H groups in total. The minimum Gasteiger partial charge on any atom is -0.447 e. The van der Waals surface area contributed by atoms with Crippen molar-refractivity contribution in [3.05, 3.63) is 60.1 Å². The summed E-state index contributed by atoms with van der Waals surface area (Å²) >= 11 is 0. The van der Waals surface area contributed by atoms with Crippen LogP contribution in [0.1, 0.15) is 18.7 Å². The number of hydrogen-bond acceptors (Lipinski definition) is 6. The Morgan fingerprint density at radius 3 is 2.81 bits per heavy atom. The van der Waals surface area contributed by atoms with Crippen molar-refractivity contribution in [3.8, 4) is 5.69 Å². The summed E-state index contributed by atoms with van der Waals surface area (Å²) in [6.45, 7) is 0.565. The minimum absolute atomic E-state index is 0.0382. The number of hydrogen-bond donors (Lipinski definition) is 1. The van der Waals surface area contributed by atoms with E-state index in [0.29, 0.717) is 5.69 Å². The van der Waals surface area contributed by atoms with Gasteiger partial charge in [0.1, 0.15) is 31.0 Å². The maximum Gasteiger partial charge on any atom is 0.416 e. The number of halogens is 4. The number of nitrogens with zero attached hydrogens (tertiary/aromatic N) is 5. The molecule has 8 nitrogen and oxygen atoms in total. The van der Waals surface area contributed by atoms with Crippen LogP contribution in [0.15, 0.2) is 36.9 Å². The first-order valence-electron chi connectivity index (χ1n) is 9.17. The molecule has 0 spiro atoms. The number of anilines is 2. The van der Waals surface area contributed by atoms with Crippen molar-refractivity contribution in [2.24, 2.45) is 0 Å². The van der Waals surface area contributed by atoms with Gasteiger partial charge in [-0.25, -0.2) is 37.2 Å². The standard InChI is InChI=1S/C19H16F4N6O2/c1-10(15-7-28(9-25-15)16-3-2-11(21)4-13(16)22)26-18-24-6-14(23)17(27-18)29-12(5-20)8-31-19(29)30/h2-4,6-7,9-10,12H,5,8H2,1H3,(H,24,26,27)/t10-,12-/m0/s1. The smallest absolute Gasteiger partial charge is 0.416 e. The molecule has 1 aliphatic heterocycles. The Hall–Kier alpha value is -3.70. The average Bonchev–Trinajstić information content (AvgIpc) is 3.36. The molecule has 0 saturated carbocycles. The van der Waals surface area contributed by atoms with E-state index in [1.807, 2.05) is 0 Å². The molecule has 1 aromatic carbocycles. The summed E-state index contributed by atoms with van der Waals surface area (Å²) in [6.07, 6.45) is 2.83. The Morgan fingerprint density at radius 1 is 1.26 bits per heavy atom. The van der Waals surface area contributed by atoms with Crippen LogP contribution in [0, 0.1) is 17.5 Å². The second-order valence-electron chi connectivity index (χ2n) is 6.79. The molecule has 0 aliphatic carbocycles. The lowest BCUT2D eigenvalue weighted by Crippen LogP contribution is -2.36. The Morgan fingerprint density at radius 2 is 2.06 bits per heavy atom. The second kappa shape index (κ2) is 8.20. The molecule has 2 atom stereocenters. The Bertz CT molecular complexity index is 1120. The number of imidazole rings is 1. The third kappa shape index (κ3) is 4.00. The normalized spacial score (nSPS) is 17.0. The Kier molecular flexibility index (Phi) is 5.44. The van der Waals surface area contributed by atoms with Gasteiger partial charge in [0, 0.05) is 12.3 Å². The highest BCUT2D eigenvalue weighted by molar-refractivity contribution is 5.89. The summed E-state index contributed by atoms with van der Waals surface area (Å²) < 4.78 is 60.6. The number of benzene rings is 1. The van der Waals surface area contributed by atoms with E-state index in [2.05, 4.69) is 20.3 Å². The van der Waals surface area contributed by atoms with Gasteiger partial charge < -0.3 is 14.6 Å². The molecule has 1 fully saturated rings. The SMILES string of the molecule is C[C@H](Nc1ncc(F)c(N2C(=O)OC[C@@H]2CF)n1)c1cn(-c2ccc(F)cc2F)cn1. The van der Waals surface area contributed by atoms with Crippen molar-refractivity contribution in [1.29, 1.82) is 0 Å². The molecule has 12 heteroatoms. The number of rotatable bonds is 6. The maximum atomic E-state index is 14.2. The van der Waals surface area contributed by atoms with Gasteiger partial charge in [-0.1, -0.05) is 0 Å². The summed E-state index contributed by atoms with van der Waals surface area (Å²) in [5.74, 6) is -2.81. The fourth-order valence-electron chi connectivity index (χ4n) is 3.08. The van der Waals surface area contributed by atoms with Crippen molar-refractivity contribution in [1.82, 2.24) is 19.5 Å². The van der Waals surface area contributed by atoms with E-state index in [1.165, 1.54) is 23.2 Å². The zero-order valence-electron chi connectivity index (χ0n) is 16.1. The van der Waals surface area contributed by atoms with E-state index in [1.54, 1.807) is 6.92 Å². The van der Waals surface area contributed by atoms with Gasteiger partial charge in [0.25, 0.3) is 0 Å². The maximum absolute atomic E-state index is 14.2. The zero-order valence-corrected chi connectivity index (χ0v) is 16.1. The molecular weight excluding hydrogens is 420 g/mol. The fraction of sp³-hybridized carbons (Fsp3) is 0.263. The van der Waals surface area contributed by atoms with E-state index in [0.717, 1.165) is 23.2 Å². The van der Waals surface area contributed by atoms with Crippen LogP contribution in [-0.2, 0) is 4.74 Å². The van der Waals surface area contributed by atoms with Gasteiger partial charge in [-0.15, -0.1) is 0 Å². The molecule has 1 saturated heterocycles. The largest absolute Gasteiger partial charge is 0.447 e. The fourth-order valence-corrected chi connectivity index (χ4v) is 3.08. The summed E-state index contributed by atoms with van der Waals surface area (Å²) in [4.78, 5) is 24.7. The molecule has 31 heavy (non-hydrogen) atoms. The third-order valence-corrected chi connectivity index (χ3v) is 4.67. The number of aromatic nitrogens is 4. The van der Waals surface area contributed by atoms with Crippen LogP contribution in [0.4, 0.5) is 34.1 Å². The molecule has 1 amide bonds. The lowest BCUT2D eigenvalue weighted by molar-refractivity contribution is 0.177. The van der Waals surface area contributed by atoms with Gasteiger partial charge in [-0.05, 0) is 19.1 Å². The number of ether oxygens (including phenoxy) is 1. The number of carbonyl (C=O) groups is 1. The first kappa shape index (κ1) is 20.6. The van der Waals surface area contributed by atoms with Crippen molar-refractivity contribution >= 4 is 17.9 Å². The molecule has 3 aromatic rings. The summed E-state index contributed by atoms with van der Waals surface area (Å²) in [7, 11) is 0. The van der Waals surface area contributed by atoms with Crippen molar-refractivity contribution in [2.75, 3.05) is 23.5 Å². The van der Waals surface area contributed by atoms with Crippen LogP contribution in [0.25, 0.3) is 5.69 Å². The van der Waals surface area contributed by atoms with Crippen molar-refractivity contribution in [2.45, 2.75) is 19.0 Å². The molecule has 1 aliphatic rings. The molecule has 0 radical (unpaired) electrons. The van der Waals surface area contributed by atoms with Crippen LogP contribution >= 0.6 is 0 Å². The third-order valence-electron chi connectivity index (χ3n) is 4.67. The average molecular weight is 436 g/mol. The van der Waals surface area contributed by atoms with E-state index >= 15 is 0 Å². The number of alkyl halides is 1. The zero-order chi connectivity index (χ0) is 22.1. The van der Waals surface area contributed by atoms with Gasteiger partial charge >= 0.3 is 6.09 Å². The Balaban J connectivity index is 1.55. The highest BCUT2D eigenvalue weighted by atomic mass is 19.1. The number of carbonyl (C=O) groups excluding carboxylic acids is 1. The summed E-state index contributed by atoms with van der Waals surface area (Å²) in [6, 6.07) is 1.68. The molecule has 4 rings (SSSR count). The molecule has 2 aromatic heterocycles. The van der Waals surface area contributed by atoms with Crippen LogP contribution in [0.2, 0.25) is 0 Å². The van der Waals surface area contributed by atoms with Gasteiger partial charge in [-0.3, -0.25) is 0 Å². The predicted octanol–water partition coefficient (Wildman–Crippen LogP) is 3.55. The van der Waals surface area contributed by atoms with Crippen LogP contribution in [0.3, 0.4) is 0 Å². The quantitative estimate of drug-likeness (QED) is 0.595. The summed E-state index contributed by atoms with van der Waals surface area (Å²) in [5.41, 5.74) is 0.567. The minimum atomic E-state index is -0.983. The van der Waals surface area contributed by atoms with Gasteiger partial charge in [-0.2, -0.15) is 4.98 Å². The van der Waals surface area contributed by atoms with Crippen LogP contribution < -0.4 is 10.2 Å². The Labute approximate surface area is 173 Å². The van der Waals surface area contributed by atoms with Crippen molar-refractivity contribution < 1.29 is 27.1 Å². The first-order chi connectivity index (χ1) is 14.9. The topological polar surface area (TPSA) is 85.2 Å². The number of nitrogens with one attached hydrogen (secondary N) is 1. The molecule has 162 valence electrons. The van der Waals surface area contributed by atoms with Gasteiger partial charge in [0.05, 0.1) is 29.9 Å². The van der Waals surface area contributed by atoms with Gasteiger partial charge in [0.2, 0.25) is 5.95 Å². The first-order valence-corrected chi connectivity index (χ1v) is 9.17.